The van der Waals surface area contributed by atoms with Gasteiger partial charge < -0.3 is 26.2 Å². The minimum Gasteiger partial charge on any atom is -0.395 e. The number of benzene rings is 1. The molecule has 0 atom stereocenters. The number of rotatable bonds is 8. The first-order valence-electron chi connectivity index (χ1n) is 6.69. The van der Waals surface area contributed by atoms with E-state index in [0.29, 0.717) is 36.0 Å². The zero-order valence-electron chi connectivity index (χ0n) is 11.8. The SMILES string of the molecule is OCCNc1nc(NCCO)nc(Nc2ccc(Cl)cc2)n1. The fourth-order valence-corrected chi connectivity index (χ4v) is 1.71. The Morgan fingerprint density at radius 1 is 0.818 bits per heavy atom. The molecule has 5 N–H and O–H groups in total. The molecule has 118 valence electrons. The van der Waals surface area contributed by atoms with Gasteiger partial charge in [-0.2, -0.15) is 15.0 Å². The molecule has 0 aliphatic carbocycles. The van der Waals surface area contributed by atoms with Crippen molar-refractivity contribution >= 4 is 35.1 Å². The third-order valence-electron chi connectivity index (χ3n) is 2.53. The Morgan fingerprint density at radius 3 is 1.82 bits per heavy atom. The Kier molecular flexibility index (Phi) is 6.13. The van der Waals surface area contributed by atoms with Crippen LogP contribution in [0.25, 0.3) is 0 Å². The van der Waals surface area contributed by atoms with Crippen molar-refractivity contribution in [3.8, 4) is 0 Å². The van der Waals surface area contributed by atoms with Gasteiger partial charge in [-0.1, -0.05) is 11.6 Å². The van der Waals surface area contributed by atoms with Crippen molar-refractivity contribution in [2.45, 2.75) is 0 Å². The van der Waals surface area contributed by atoms with Crippen molar-refractivity contribution in [3.63, 3.8) is 0 Å². The molecule has 0 radical (unpaired) electrons. The van der Waals surface area contributed by atoms with Crippen LogP contribution in [0.1, 0.15) is 0 Å². The quantitative estimate of drug-likeness (QED) is 0.490. The number of hydrogen-bond donors (Lipinski definition) is 5. The molecule has 8 nitrogen and oxygen atoms in total. The summed E-state index contributed by atoms with van der Waals surface area (Å²) in [4.78, 5) is 12.5. The van der Waals surface area contributed by atoms with Gasteiger partial charge in [-0.15, -0.1) is 0 Å². The van der Waals surface area contributed by atoms with Gasteiger partial charge in [0.2, 0.25) is 17.8 Å². The van der Waals surface area contributed by atoms with E-state index in [9.17, 15) is 0 Å². The van der Waals surface area contributed by atoms with Crippen LogP contribution in [-0.4, -0.2) is 51.5 Å². The van der Waals surface area contributed by atoms with Crippen molar-refractivity contribution < 1.29 is 10.2 Å². The highest BCUT2D eigenvalue weighted by Gasteiger charge is 2.06. The van der Waals surface area contributed by atoms with Gasteiger partial charge in [-0.25, -0.2) is 0 Å². The molecule has 1 aromatic heterocycles. The predicted octanol–water partition coefficient (Wildman–Crippen LogP) is 1.08. The van der Waals surface area contributed by atoms with Gasteiger partial charge >= 0.3 is 0 Å². The standard InChI is InChI=1S/C13H17ClN6O2/c14-9-1-3-10(4-2-9)17-13-19-11(15-5-7-21)18-12(20-13)16-6-8-22/h1-4,21-22H,5-8H2,(H3,15,16,17,18,19,20). The number of nitrogens with zero attached hydrogens (tertiary/aromatic N) is 3. The number of aliphatic hydroxyl groups is 2. The van der Waals surface area contributed by atoms with Gasteiger partial charge in [0.05, 0.1) is 13.2 Å². The summed E-state index contributed by atoms with van der Waals surface area (Å²) in [7, 11) is 0. The molecule has 0 spiro atoms. The highest BCUT2D eigenvalue weighted by Crippen LogP contribution is 2.18. The number of aliphatic hydroxyl groups excluding tert-OH is 2. The summed E-state index contributed by atoms with van der Waals surface area (Å²) < 4.78 is 0. The van der Waals surface area contributed by atoms with E-state index in [1.165, 1.54) is 0 Å². The third kappa shape index (κ3) is 4.99. The molecule has 0 aliphatic heterocycles. The number of hydrogen-bond acceptors (Lipinski definition) is 8. The molecule has 0 saturated heterocycles. The van der Waals surface area contributed by atoms with Crippen LogP contribution in [0.2, 0.25) is 5.02 Å². The van der Waals surface area contributed by atoms with Crippen LogP contribution in [0.4, 0.5) is 23.5 Å². The largest absolute Gasteiger partial charge is 0.395 e. The van der Waals surface area contributed by atoms with Crippen LogP contribution in [-0.2, 0) is 0 Å². The second kappa shape index (κ2) is 8.32. The highest BCUT2D eigenvalue weighted by molar-refractivity contribution is 6.30. The monoisotopic (exact) mass is 324 g/mol. The lowest BCUT2D eigenvalue weighted by atomic mass is 10.3. The summed E-state index contributed by atoms with van der Waals surface area (Å²) >= 11 is 5.84. The molecule has 0 bridgehead atoms. The zero-order chi connectivity index (χ0) is 15.8. The molecular weight excluding hydrogens is 308 g/mol. The molecule has 1 heterocycles. The first kappa shape index (κ1) is 16.2. The van der Waals surface area contributed by atoms with Crippen molar-refractivity contribution in [1.82, 2.24) is 15.0 Å². The van der Waals surface area contributed by atoms with Gasteiger partial charge in [0.1, 0.15) is 0 Å². The Hall–Kier alpha value is -2.16. The Bertz CT molecular complexity index is 569. The smallest absolute Gasteiger partial charge is 0.233 e. The lowest BCUT2D eigenvalue weighted by molar-refractivity contribution is 0.310. The van der Waals surface area contributed by atoms with E-state index in [1.807, 2.05) is 0 Å². The fourth-order valence-electron chi connectivity index (χ4n) is 1.59. The van der Waals surface area contributed by atoms with E-state index in [0.717, 1.165) is 5.69 Å². The van der Waals surface area contributed by atoms with Crippen molar-refractivity contribution in [2.75, 3.05) is 42.3 Å². The van der Waals surface area contributed by atoms with E-state index in [1.54, 1.807) is 24.3 Å². The summed E-state index contributed by atoms with van der Waals surface area (Å²) in [6.45, 7) is 0.573. The fraction of sp³-hybridized carbons (Fsp3) is 0.308. The number of aromatic nitrogens is 3. The molecule has 0 unspecified atom stereocenters. The molecule has 22 heavy (non-hydrogen) atoms. The summed E-state index contributed by atoms with van der Waals surface area (Å²) in [5.41, 5.74) is 0.775. The normalized spacial score (nSPS) is 10.3. The molecule has 0 amide bonds. The maximum absolute atomic E-state index is 8.86. The van der Waals surface area contributed by atoms with Crippen LogP contribution < -0.4 is 16.0 Å². The molecule has 1 aromatic carbocycles. The molecule has 2 aromatic rings. The van der Waals surface area contributed by atoms with Gasteiger partial charge in [0.25, 0.3) is 0 Å². The molecule has 0 aliphatic rings. The van der Waals surface area contributed by atoms with E-state index >= 15 is 0 Å². The second-order valence-corrected chi connectivity index (χ2v) is 4.68. The number of halogens is 1. The Morgan fingerprint density at radius 2 is 1.32 bits per heavy atom. The maximum Gasteiger partial charge on any atom is 0.233 e. The molecule has 0 fully saturated rings. The lowest BCUT2D eigenvalue weighted by Crippen LogP contribution is -2.14. The van der Waals surface area contributed by atoms with Crippen LogP contribution >= 0.6 is 11.6 Å². The number of anilines is 4. The van der Waals surface area contributed by atoms with E-state index < -0.39 is 0 Å². The van der Waals surface area contributed by atoms with E-state index in [2.05, 4.69) is 30.9 Å². The average molecular weight is 325 g/mol. The van der Waals surface area contributed by atoms with Crippen LogP contribution in [0, 0.1) is 0 Å². The minimum absolute atomic E-state index is 0.0367. The topological polar surface area (TPSA) is 115 Å². The molecule has 2 rings (SSSR count). The summed E-state index contributed by atoms with van der Waals surface area (Å²) in [6.07, 6.45) is 0. The van der Waals surface area contributed by atoms with E-state index in [-0.39, 0.29) is 13.2 Å². The third-order valence-corrected chi connectivity index (χ3v) is 2.78. The lowest BCUT2D eigenvalue weighted by Gasteiger charge is -2.10. The summed E-state index contributed by atoms with van der Waals surface area (Å²) in [6, 6.07) is 7.10. The molecule has 9 heteroatoms. The Balaban J connectivity index is 2.18. The van der Waals surface area contributed by atoms with Crippen LogP contribution in [0.15, 0.2) is 24.3 Å². The van der Waals surface area contributed by atoms with Crippen LogP contribution in [0.5, 0.6) is 0 Å². The van der Waals surface area contributed by atoms with Gasteiger partial charge in [-0.3, -0.25) is 0 Å². The summed E-state index contributed by atoms with van der Waals surface area (Å²) in [5.74, 6) is 0.972. The van der Waals surface area contributed by atoms with Gasteiger partial charge in [0.15, 0.2) is 0 Å². The highest BCUT2D eigenvalue weighted by atomic mass is 35.5. The number of nitrogens with one attached hydrogen (secondary N) is 3. The predicted molar refractivity (Wildman–Crippen MR) is 85.7 cm³/mol. The van der Waals surface area contributed by atoms with Crippen molar-refractivity contribution in [2.24, 2.45) is 0 Å². The minimum atomic E-state index is -0.0367. The molecular formula is C13H17ClN6O2. The van der Waals surface area contributed by atoms with Crippen molar-refractivity contribution in [3.05, 3.63) is 29.3 Å². The van der Waals surface area contributed by atoms with Crippen LogP contribution in [0.3, 0.4) is 0 Å². The summed E-state index contributed by atoms with van der Waals surface area (Å²) in [5, 5.41) is 27.1. The maximum atomic E-state index is 8.86. The first-order chi connectivity index (χ1) is 10.7. The molecule has 0 saturated carbocycles. The zero-order valence-corrected chi connectivity index (χ0v) is 12.5. The van der Waals surface area contributed by atoms with E-state index in [4.69, 9.17) is 21.8 Å². The van der Waals surface area contributed by atoms with Gasteiger partial charge in [-0.05, 0) is 24.3 Å². The van der Waals surface area contributed by atoms with Gasteiger partial charge in [0, 0.05) is 23.8 Å². The Labute approximate surface area is 132 Å². The van der Waals surface area contributed by atoms with Crippen molar-refractivity contribution in [1.29, 1.82) is 0 Å². The first-order valence-corrected chi connectivity index (χ1v) is 7.07. The second-order valence-electron chi connectivity index (χ2n) is 4.24. The average Bonchev–Trinajstić information content (AvgIpc) is 2.53.